The van der Waals surface area contributed by atoms with Crippen LogP contribution in [0.1, 0.15) is 71.6 Å². The molecule has 3 saturated carbocycles. The summed E-state index contributed by atoms with van der Waals surface area (Å²) in [7, 11) is 0. The predicted molar refractivity (Wildman–Crippen MR) is 122 cm³/mol. The maximum Gasteiger partial charge on any atom is 0.306 e. The average molecular weight is 511 g/mol. The van der Waals surface area contributed by atoms with Gasteiger partial charge in [-0.3, -0.25) is 14.4 Å². The Labute approximate surface area is 198 Å². The van der Waals surface area contributed by atoms with E-state index in [0.29, 0.717) is 31.0 Å². The highest BCUT2D eigenvalue weighted by atomic mass is 79.9. The third kappa shape index (κ3) is 3.45. The van der Waals surface area contributed by atoms with Crippen LogP contribution in [-0.2, 0) is 19.1 Å². The Morgan fingerprint density at radius 3 is 2.66 bits per heavy atom. The Hall–Kier alpha value is -1.05. The van der Waals surface area contributed by atoms with Gasteiger partial charge in [0, 0.05) is 23.6 Å². The van der Waals surface area contributed by atoms with Gasteiger partial charge < -0.3 is 14.9 Å². The number of halogens is 1. The average Bonchev–Trinajstić information content (AvgIpc) is 3.04. The molecule has 0 aromatic rings. The third-order valence-electron chi connectivity index (χ3n) is 9.41. The van der Waals surface area contributed by atoms with Crippen molar-refractivity contribution in [2.45, 2.75) is 83.3 Å². The van der Waals surface area contributed by atoms with Gasteiger partial charge in [-0.25, -0.2) is 0 Å². The first-order valence-corrected chi connectivity index (χ1v) is 13.1. The van der Waals surface area contributed by atoms with Crippen LogP contribution in [0.2, 0.25) is 0 Å². The summed E-state index contributed by atoms with van der Waals surface area (Å²) in [5, 5.41) is 22.0. The minimum Gasteiger partial charge on any atom is -0.450 e. The normalized spacial score (nSPS) is 43.0. The highest BCUT2D eigenvalue weighted by Gasteiger charge is 2.70. The standard InChI is InChI=1S/C25H35BrO6/c1-23-9-7-16(28)12-15(23)5-6-17-18-8-10-25(20(30)14-27,32-21(31)4-3-11-26)24(18,2)13-19(29)22(17)23/h12,17-19,22,27,29H,3-11,13-14H2,1-2H3/t17-,18-,19-,22+,23-,24-,25-/m0/s1. The molecule has 0 aliphatic heterocycles. The number of esters is 1. The number of carbonyl (C=O) groups excluding carboxylic acids is 3. The first kappa shape index (κ1) is 24.1. The van der Waals surface area contributed by atoms with E-state index in [1.54, 1.807) is 6.08 Å². The first-order valence-electron chi connectivity index (χ1n) is 12.0. The Kier molecular flexibility index (Phi) is 6.49. The number of ketones is 2. The van der Waals surface area contributed by atoms with Crippen LogP contribution in [-0.4, -0.2) is 51.4 Å². The van der Waals surface area contributed by atoms with Gasteiger partial charge in [0.05, 0.1) is 6.10 Å². The molecule has 0 radical (unpaired) electrons. The maximum atomic E-state index is 13.1. The zero-order valence-electron chi connectivity index (χ0n) is 19.1. The zero-order valence-corrected chi connectivity index (χ0v) is 20.7. The molecule has 4 aliphatic rings. The van der Waals surface area contributed by atoms with Crippen molar-refractivity contribution < 1.29 is 29.3 Å². The van der Waals surface area contributed by atoms with E-state index in [4.69, 9.17) is 4.74 Å². The summed E-state index contributed by atoms with van der Waals surface area (Å²) < 4.78 is 5.96. The van der Waals surface area contributed by atoms with Crippen LogP contribution in [0.15, 0.2) is 11.6 Å². The van der Waals surface area contributed by atoms with Crippen LogP contribution in [0.3, 0.4) is 0 Å². The van der Waals surface area contributed by atoms with E-state index in [2.05, 4.69) is 22.9 Å². The van der Waals surface area contributed by atoms with Gasteiger partial charge in [-0.15, -0.1) is 0 Å². The molecule has 6 nitrogen and oxygen atoms in total. The van der Waals surface area contributed by atoms with Crippen LogP contribution >= 0.6 is 15.9 Å². The number of alkyl halides is 1. The van der Waals surface area contributed by atoms with Gasteiger partial charge in [0.15, 0.2) is 11.4 Å². The number of aliphatic hydroxyl groups excluding tert-OH is 2. The summed E-state index contributed by atoms with van der Waals surface area (Å²) in [5.74, 6) is -0.365. The second-order valence-corrected chi connectivity index (χ2v) is 11.6. The van der Waals surface area contributed by atoms with Crippen molar-refractivity contribution in [3.8, 4) is 0 Å². The lowest BCUT2D eigenvalue weighted by molar-refractivity contribution is -0.202. The Morgan fingerprint density at radius 2 is 1.97 bits per heavy atom. The van der Waals surface area contributed by atoms with E-state index in [1.807, 2.05) is 6.92 Å². The Morgan fingerprint density at radius 1 is 1.22 bits per heavy atom. The summed E-state index contributed by atoms with van der Waals surface area (Å²) in [6.07, 6.45) is 6.39. The number of rotatable bonds is 6. The third-order valence-corrected chi connectivity index (χ3v) is 9.97. The molecule has 7 atom stereocenters. The van der Waals surface area contributed by atoms with Crippen LogP contribution in [0.4, 0.5) is 0 Å². The lowest BCUT2D eigenvalue weighted by Gasteiger charge is -2.60. The van der Waals surface area contributed by atoms with Gasteiger partial charge >= 0.3 is 5.97 Å². The van der Waals surface area contributed by atoms with Gasteiger partial charge in [-0.2, -0.15) is 0 Å². The van der Waals surface area contributed by atoms with Crippen LogP contribution in [0.5, 0.6) is 0 Å². The number of hydrogen-bond acceptors (Lipinski definition) is 6. The number of ether oxygens (including phenoxy) is 1. The molecule has 0 aromatic heterocycles. The van der Waals surface area contributed by atoms with Gasteiger partial charge in [-0.1, -0.05) is 35.4 Å². The maximum absolute atomic E-state index is 13.1. The number of allylic oxidation sites excluding steroid dienone is 1. The second kappa shape index (κ2) is 8.62. The quantitative estimate of drug-likeness (QED) is 0.418. The highest BCUT2D eigenvalue weighted by Crippen LogP contribution is 2.68. The second-order valence-electron chi connectivity index (χ2n) is 10.8. The fourth-order valence-electron chi connectivity index (χ4n) is 7.94. The first-order chi connectivity index (χ1) is 15.1. The van der Waals surface area contributed by atoms with Crippen LogP contribution in [0.25, 0.3) is 0 Å². The molecule has 2 N–H and O–H groups in total. The smallest absolute Gasteiger partial charge is 0.306 e. The molecule has 32 heavy (non-hydrogen) atoms. The molecule has 0 bridgehead atoms. The van der Waals surface area contributed by atoms with Gasteiger partial charge in [-0.05, 0) is 74.2 Å². The van der Waals surface area contributed by atoms with E-state index in [1.165, 1.54) is 0 Å². The number of hydrogen-bond donors (Lipinski definition) is 2. The fraction of sp³-hybridized carbons (Fsp3) is 0.800. The molecule has 0 aromatic carbocycles. The summed E-state index contributed by atoms with van der Waals surface area (Å²) >= 11 is 3.32. The lowest BCUT2D eigenvalue weighted by atomic mass is 9.45. The van der Waals surface area contributed by atoms with Crippen molar-refractivity contribution in [1.29, 1.82) is 0 Å². The largest absolute Gasteiger partial charge is 0.450 e. The molecule has 4 rings (SSSR count). The molecule has 4 aliphatic carbocycles. The monoisotopic (exact) mass is 510 g/mol. The van der Waals surface area contributed by atoms with E-state index in [9.17, 15) is 24.6 Å². The van der Waals surface area contributed by atoms with Crippen molar-refractivity contribution in [3.63, 3.8) is 0 Å². The summed E-state index contributed by atoms with van der Waals surface area (Å²) in [4.78, 5) is 37.8. The zero-order chi connectivity index (χ0) is 23.3. The number of fused-ring (bicyclic) bond motifs is 5. The van der Waals surface area contributed by atoms with Crippen molar-refractivity contribution in [3.05, 3.63) is 11.6 Å². The van der Waals surface area contributed by atoms with E-state index < -0.39 is 35.5 Å². The van der Waals surface area contributed by atoms with Crippen LogP contribution < -0.4 is 0 Å². The van der Waals surface area contributed by atoms with E-state index in [-0.39, 0.29) is 35.4 Å². The SMILES string of the molecule is C[C@]12CCC(=O)C=C1CC[C@@H]1[C@@H]2[C@@H](O)C[C@@]2(C)[C@H]1CC[C@]2(OC(=O)CCCBr)C(=O)CO. The number of aliphatic hydroxyl groups is 2. The molecule has 0 spiro atoms. The molecule has 0 amide bonds. The minimum absolute atomic E-state index is 0.0257. The molecule has 3 fully saturated rings. The van der Waals surface area contributed by atoms with E-state index >= 15 is 0 Å². The van der Waals surface area contributed by atoms with Crippen molar-refractivity contribution in [2.24, 2.45) is 28.6 Å². The highest BCUT2D eigenvalue weighted by molar-refractivity contribution is 9.09. The Balaban J connectivity index is 1.70. The number of Topliss-reactive ketones (excluding diaryl/α,β-unsaturated/α-hetero) is 1. The van der Waals surface area contributed by atoms with Gasteiger partial charge in [0.1, 0.15) is 6.61 Å². The predicted octanol–water partition coefficient (Wildman–Crippen LogP) is 3.51. The molecule has 178 valence electrons. The molecule has 0 saturated heterocycles. The van der Waals surface area contributed by atoms with Crippen molar-refractivity contribution >= 4 is 33.5 Å². The lowest BCUT2D eigenvalue weighted by Crippen LogP contribution is -2.63. The van der Waals surface area contributed by atoms with Gasteiger partial charge in [0.25, 0.3) is 0 Å². The molecule has 7 heteroatoms. The number of carbonyl (C=O) groups is 3. The molecular formula is C25H35BrO6. The summed E-state index contributed by atoms with van der Waals surface area (Å²) in [5.41, 5.74) is -1.16. The Bertz CT molecular complexity index is 838. The molecule has 0 heterocycles. The minimum atomic E-state index is -1.39. The fourth-order valence-corrected chi connectivity index (χ4v) is 8.22. The van der Waals surface area contributed by atoms with Crippen molar-refractivity contribution in [2.75, 3.05) is 11.9 Å². The molecular weight excluding hydrogens is 476 g/mol. The van der Waals surface area contributed by atoms with Crippen molar-refractivity contribution in [1.82, 2.24) is 0 Å². The summed E-state index contributed by atoms with van der Waals surface area (Å²) in [6.45, 7) is 3.49. The van der Waals surface area contributed by atoms with Gasteiger partial charge in [0.2, 0.25) is 5.78 Å². The molecule has 0 unspecified atom stereocenters. The summed E-state index contributed by atoms with van der Waals surface area (Å²) in [6, 6.07) is 0. The van der Waals surface area contributed by atoms with Crippen LogP contribution in [0, 0.1) is 28.6 Å². The van der Waals surface area contributed by atoms with E-state index in [0.717, 1.165) is 31.3 Å². The topological polar surface area (TPSA) is 101 Å².